The van der Waals surface area contributed by atoms with E-state index in [0.29, 0.717) is 11.9 Å². The molecule has 21 heavy (non-hydrogen) atoms. The molecule has 0 atom stereocenters. The molecule has 0 rings (SSSR count). The Balaban J connectivity index is 3.75. The minimum Gasteiger partial charge on any atom is -0.381 e. The van der Waals surface area contributed by atoms with Gasteiger partial charge in [0.2, 0.25) is 5.91 Å². The Labute approximate surface area is 129 Å². The number of guanidine groups is 1. The van der Waals surface area contributed by atoms with E-state index in [1.807, 2.05) is 20.8 Å². The van der Waals surface area contributed by atoms with Crippen LogP contribution in [0.3, 0.4) is 0 Å². The van der Waals surface area contributed by atoms with Gasteiger partial charge >= 0.3 is 0 Å². The summed E-state index contributed by atoms with van der Waals surface area (Å²) in [5, 5.41) is 9.03. The molecule has 6 heteroatoms. The number of nitrogens with one attached hydrogen (secondary N) is 3. The van der Waals surface area contributed by atoms with E-state index in [2.05, 4.69) is 34.8 Å². The van der Waals surface area contributed by atoms with Gasteiger partial charge in [-0.1, -0.05) is 13.8 Å². The smallest absolute Gasteiger partial charge is 0.239 e. The van der Waals surface area contributed by atoms with Gasteiger partial charge in [-0.15, -0.1) is 0 Å². The zero-order valence-corrected chi connectivity index (χ0v) is 14.4. The van der Waals surface area contributed by atoms with Crippen molar-refractivity contribution in [2.45, 2.75) is 46.6 Å². The van der Waals surface area contributed by atoms with Crippen molar-refractivity contribution in [1.29, 1.82) is 0 Å². The lowest BCUT2D eigenvalue weighted by atomic mass is 10.1. The molecule has 124 valence electrons. The number of hydrogen-bond donors (Lipinski definition) is 3. The number of rotatable bonds is 8. The molecule has 1 amide bonds. The van der Waals surface area contributed by atoms with Crippen LogP contribution in [0.25, 0.3) is 0 Å². The Bertz CT molecular complexity index is 322. The fourth-order valence-electron chi connectivity index (χ4n) is 1.55. The van der Waals surface area contributed by atoms with E-state index >= 15 is 0 Å². The second-order valence-electron chi connectivity index (χ2n) is 6.47. The molecule has 0 aromatic heterocycles. The first-order valence-electron chi connectivity index (χ1n) is 7.58. The van der Waals surface area contributed by atoms with Crippen LogP contribution < -0.4 is 16.0 Å². The second kappa shape index (κ2) is 10.4. The van der Waals surface area contributed by atoms with E-state index in [-0.39, 0.29) is 18.0 Å². The molecule has 0 fully saturated rings. The van der Waals surface area contributed by atoms with Crippen LogP contribution in [0.1, 0.15) is 41.0 Å². The van der Waals surface area contributed by atoms with Gasteiger partial charge in [-0.2, -0.15) is 0 Å². The SMILES string of the molecule is CN=C(NCCCOCC(C)C)NCC(=O)NC(C)(C)C. The summed E-state index contributed by atoms with van der Waals surface area (Å²) in [6, 6.07) is 0. The predicted molar refractivity (Wildman–Crippen MR) is 87.5 cm³/mol. The summed E-state index contributed by atoms with van der Waals surface area (Å²) in [4.78, 5) is 15.8. The summed E-state index contributed by atoms with van der Waals surface area (Å²) in [5.74, 6) is 1.14. The van der Waals surface area contributed by atoms with Crippen LogP contribution >= 0.6 is 0 Å². The van der Waals surface area contributed by atoms with Gasteiger partial charge in [0.15, 0.2) is 5.96 Å². The minimum atomic E-state index is -0.219. The second-order valence-corrected chi connectivity index (χ2v) is 6.47. The minimum absolute atomic E-state index is 0.0503. The molecule has 0 radical (unpaired) electrons. The summed E-state index contributed by atoms with van der Waals surface area (Å²) >= 11 is 0. The number of amides is 1. The first-order chi connectivity index (χ1) is 9.74. The Hall–Kier alpha value is -1.30. The molecule has 0 aliphatic carbocycles. The maximum absolute atomic E-state index is 11.7. The third-order valence-corrected chi connectivity index (χ3v) is 2.36. The van der Waals surface area contributed by atoms with E-state index in [1.54, 1.807) is 7.05 Å². The van der Waals surface area contributed by atoms with Crippen LogP contribution in [0.4, 0.5) is 0 Å². The number of ether oxygens (including phenoxy) is 1. The van der Waals surface area contributed by atoms with Crippen molar-refractivity contribution in [1.82, 2.24) is 16.0 Å². The Morgan fingerprint density at radius 1 is 1.24 bits per heavy atom. The molecule has 0 heterocycles. The fraction of sp³-hybridized carbons (Fsp3) is 0.867. The molecule has 0 aliphatic rings. The third-order valence-electron chi connectivity index (χ3n) is 2.36. The summed E-state index contributed by atoms with van der Waals surface area (Å²) in [5.41, 5.74) is -0.219. The number of hydrogen-bond acceptors (Lipinski definition) is 3. The van der Waals surface area contributed by atoms with Crippen molar-refractivity contribution < 1.29 is 9.53 Å². The average Bonchev–Trinajstić information content (AvgIpc) is 2.34. The molecule has 0 saturated heterocycles. The predicted octanol–water partition coefficient (Wildman–Crippen LogP) is 1.13. The fourth-order valence-corrected chi connectivity index (χ4v) is 1.55. The van der Waals surface area contributed by atoms with E-state index < -0.39 is 0 Å². The number of aliphatic imine (C=N–C) groups is 1. The maximum Gasteiger partial charge on any atom is 0.239 e. The Morgan fingerprint density at radius 3 is 2.43 bits per heavy atom. The zero-order valence-electron chi connectivity index (χ0n) is 14.4. The van der Waals surface area contributed by atoms with Gasteiger partial charge in [0.1, 0.15) is 0 Å². The van der Waals surface area contributed by atoms with Crippen molar-refractivity contribution in [2.24, 2.45) is 10.9 Å². The van der Waals surface area contributed by atoms with E-state index in [0.717, 1.165) is 26.2 Å². The maximum atomic E-state index is 11.7. The van der Waals surface area contributed by atoms with Crippen LogP contribution in [0, 0.1) is 5.92 Å². The highest BCUT2D eigenvalue weighted by molar-refractivity contribution is 5.86. The highest BCUT2D eigenvalue weighted by Crippen LogP contribution is 1.97. The van der Waals surface area contributed by atoms with Gasteiger partial charge in [-0.05, 0) is 33.1 Å². The molecule has 0 saturated carbocycles. The topological polar surface area (TPSA) is 74.8 Å². The van der Waals surface area contributed by atoms with E-state index in [4.69, 9.17) is 4.74 Å². The van der Waals surface area contributed by atoms with Crippen LogP contribution in [0.2, 0.25) is 0 Å². The molecule has 0 aromatic rings. The lowest BCUT2D eigenvalue weighted by Gasteiger charge is -2.21. The number of carbonyl (C=O) groups excluding carboxylic acids is 1. The lowest BCUT2D eigenvalue weighted by Crippen LogP contribution is -2.48. The average molecular weight is 300 g/mol. The van der Waals surface area contributed by atoms with Gasteiger partial charge in [-0.3, -0.25) is 9.79 Å². The Kier molecular flexibility index (Phi) is 9.78. The van der Waals surface area contributed by atoms with Crippen molar-refractivity contribution in [3.8, 4) is 0 Å². The quantitative estimate of drug-likeness (QED) is 0.357. The summed E-state index contributed by atoms with van der Waals surface area (Å²) in [6.45, 7) is 12.6. The molecule has 0 aromatic carbocycles. The normalized spacial score (nSPS) is 12.4. The van der Waals surface area contributed by atoms with Crippen LogP contribution in [0.15, 0.2) is 4.99 Å². The molecule has 0 bridgehead atoms. The summed E-state index contributed by atoms with van der Waals surface area (Å²) in [6.07, 6.45) is 0.904. The molecular formula is C15H32N4O2. The molecule has 0 aliphatic heterocycles. The molecule has 3 N–H and O–H groups in total. The van der Waals surface area contributed by atoms with Crippen molar-refractivity contribution in [3.05, 3.63) is 0 Å². The lowest BCUT2D eigenvalue weighted by molar-refractivity contribution is -0.121. The van der Waals surface area contributed by atoms with Crippen LogP contribution in [-0.4, -0.2) is 50.8 Å². The van der Waals surface area contributed by atoms with Crippen LogP contribution in [0.5, 0.6) is 0 Å². The van der Waals surface area contributed by atoms with Gasteiger partial charge in [0.05, 0.1) is 6.54 Å². The standard InChI is InChI=1S/C15H32N4O2/c1-12(2)11-21-9-7-8-17-14(16-6)18-10-13(20)19-15(3,4)5/h12H,7-11H2,1-6H3,(H,19,20)(H2,16,17,18). The van der Waals surface area contributed by atoms with Crippen molar-refractivity contribution in [2.75, 3.05) is 33.4 Å². The molecular weight excluding hydrogens is 268 g/mol. The van der Waals surface area contributed by atoms with Crippen molar-refractivity contribution >= 4 is 11.9 Å². The van der Waals surface area contributed by atoms with Crippen molar-refractivity contribution in [3.63, 3.8) is 0 Å². The summed E-state index contributed by atoms with van der Waals surface area (Å²) < 4.78 is 5.50. The molecule has 0 unspecified atom stereocenters. The molecule has 0 spiro atoms. The third kappa shape index (κ3) is 13.4. The van der Waals surface area contributed by atoms with Gasteiger partial charge < -0.3 is 20.7 Å². The van der Waals surface area contributed by atoms with E-state index in [1.165, 1.54) is 0 Å². The largest absolute Gasteiger partial charge is 0.381 e. The van der Waals surface area contributed by atoms with E-state index in [9.17, 15) is 4.79 Å². The molecule has 6 nitrogen and oxygen atoms in total. The highest BCUT2D eigenvalue weighted by atomic mass is 16.5. The first-order valence-corrected chi connectivity index (χ1v) is 7.58. The monoisotopic (exact) mass is 300 g/mol. The highest BCUT2D eigenvalue weighted by Gasteiger charge is 2.13. The Morgan fingerprint density at radius 2 is 1.90 bits per heavy atom. The van der Waals surface area contributed by atoms with Gasteiger partial charge in [0, 0.05) is 32.3 Å². The van der Waals surface area contributed by atoms with Gasteiger partial charge in [0.25, 0.3) is 0 Å². The number of nitrogens with zero attached hydrogens (tertiary/aromatic N) is 1. The van der Waals surface area contributed by atoms with Gasteiger partial charge in [-0.25, -0.2) is 0 Å². The number of carbonyl (C=O) groups is 1. The summed E-state index contributed by atoms with van der Waals surface area (Å²) in [7, 11) is 1.69. The zero-order chi connectivity index (χ0) is 16.3. The first kappa shape index (κ1) is 19.7. The van der Waals surface area contributed by atoms with Crippen LogP contribution in [-0.2, 0) is 9.53 Å².